The van der Waals surface area contributed by atoms with Crippen molar-refractivity contribution in [2.75, 3.05) is 25.4 Å². The van der Waals surface area contributed by atoms with Crippen LogP contribution in [0.25, 0.3) is 0 Å². The molecule has 1 amide bonds. The zero-order valence-corrected chi connectivity index (χ0v) is 11.3. The molecule has 3 N–H and O–H groups in total. The first-order valence-electron chi connectivity index (χ1n) is 6.46. The molecule has 2 unspecified atom stereocenters. The third-order valence-electron chi connectivity index (χ3n) is 3.67. The molecular formula is C11H21N3O3S. The number of carbonyl (C=O) groups is 1. The van der Waals surface area contributed by atoms with Crippen molar-refractivity contribution in [1.82, 2.24) is 10.2 Å². The van der Waals surface area contributed by atoms with E-state index in [0.717, 1.165) is 32.4 Å². The molecule has 0 aromatic carbocycles. The Kier molecular flexibility index (Phi) is 4.24. The Bertz CT molecular complexity index is 402. The summed E-state index contributed by atoms with van der Waals surface area (Å²) in [5.74, 6) is -0.164. The molecule has 0 aliphatic carbocycles. The summed E-state index contributed by atoms with van der Waals surface area (Å²) < 4.78 is 22.1. The van der Waals surface area contributed by atoms with E-state index in [9.17, 15) is 13.2 Å². The number of nitrogens with zero attached hydrogens (tertiary/aromatic N) is 1. The fourth-order valence-corrected chi connectivity index (χ4v) is 3.75. The monoisotopic (exact) mass is 275 g/mol. The fourth-order valence-electron chi connectivity index (χ4n) is 2.87. The van der Waals surface area contributed by atoms with Gasteiger partial charge < -0.3 is 10.2 Å². The maximum Gasteiger partial charge on any atom is 0.223 e. The van der Waals surface area contributed by atoms with E-state index < -0.39 is 10.0 Å². The van der Waals surface area contributed by atoms with Gasteiger partial charge in [0.25, 0.3) is 0 Å². The minimum absolute atomic E-state index is 0.0670. The lowest BCUT2D eigenvalue weighted by Crippen LogP contribution is -2.42. The van der Waals surface area contributed by atoms with E-state index in [-0.39, 0.29) is 23.6 Å². The molecule has 2 atom stereocenters. The van der Waals surface area contributed by atoms with E-state index in [2.05, 4.69) is 5.32 Å². The third-order valence-corrected chi connectivity index (χ3v) is 4.60. The smallest absolute Gasteiger partial charge is 0.223 e. The minimum Gasteiger partial charge on any atom is -0.338 e. The van der Waals surface area contributed by atoms with Crippen LogP contribution in [0.1, 0.15) is 25.7 Å². The lowest BCUT2D eigenvalue weighted by molar-refractivity contribution is -0.129. The molecule has 2 aliphatic rings. The van der Waals surface area contributed by atoms with Crippen LogP contribution in [0.2, 0.25) is 0 Å². The van der Waals surface area contributed by atoms with Crippen LogP contribution in [0.15, 0.2) is 0 Å². The van der Waals surface area contributed by atoms with Crippen LogP contribution in [0.4, 0.5) is 0 Å². The Labute approximate surface area is 108 Å². The molecule has 0 bridgehead atoms. The van der Waals surface area contributed by atoms with Gasteiger partial charge in [-0.3, -0.25) is 4.79 Å². The average Bonchev–Trinajstić information content (AvgIpc) is 2.51. The number of amides is 1. The van der Waals surface area contributed by atoms with Gasteiger partial charge >= 0.3 is 0 Å². The molecule has 6 nitrogen and oxygen atoms in total. The number of primary sulfonamides is 1. The van der Waals surface area contributed by atoms with Crippen LogP contribution in [0.5, 0.6) is 0 Å². The molecule has 0 aromatic heterocycles. The standard InChI is InChI=1S/C11H21N3O3S/c12-18(16,17)8-9-5-11(15)14(7-9)10-3-1-2-4-13-6-10/h9-10,13H,1-8H2,(H2,12,16,17). The SMILES string of the molecule is NS(=O)(=O)CC1CC(=O)N(C2CCCCNC2)C1. The first-order valence-corrected chi connectivity index (χ1v) is 8.18. The van der Waals surface area contributed by atoms with E-state index in [1.54, 1.807) is 0 Å². The van der Waals surface area contributed by atoms with Crippen molar-refractivity contribution in [2.45, 2.75) is 31.7 Å². The number of rotatable bonds is 3. The summed E-state index contributed by atoms with van der Waals surface area (Å²) in [7, 11) is -3.49. The average molecular weight is 275 g/mol. The number of hydrogen-bond acceptors (Lipinski definition) is 4. The maximum atomic E-state index is 11.9. The van der Waals surface area contributed by atoms with Gasteiger partial charge in [-0.05, 0) is 19.4 Å². The van der Waals surface area contributed by atoms with Crippen molar-refractivity contribution in [3.8, 4) is 0 Å². The molecule has 0 spiro atoms. The van der Waals surface area contributed by atoms with Gasteiger partial charge in [-0.25, -0.2) is 13.6 Å². The Balaban J connectivity index is 1.95. The number of nitrogens with one attached hydrogen (secondary N) is 1. The van der Waals surface area contributed by atoms with Crippen molar-refractivity contribution in [2.24, 2.45) is 11.1 Å². The molecule has 0 aromatic rings. The number of carbonyl (C=O) groups excluding carboxylic acids is 1. The third kappa shape index (κ3) is 3.66. The summed E-state index contributed by atoms with van der Waals surface area (Å²) >= 11 is 0. The van der Waals surface area contributed by atoms with Crippen molar-refractivity contribution in [3.63, 3.8) is 0 Å². The molecule has 2 fully saturated rings. The van der Waals surface area contributed by atoms with Crippen molar-refractivity contribution >= 4 is 15.9 Å². The highest BCUT2D eigenvalue weighted by Crippen LogP contribution is 2.23. The Morgan fingerprint density at radius 3 is 2.89 bits per heavy atom. The molecule has 0 saturated carbocycles. The second kappa shape index (κ2) is 5.54. The Morgan fingerprint density at radius 2 is 2.17 bits per heavy atom. The van der Waals surface area contributed by atoms with Gasteiger partial charge in [0.15, 0.2) is 0 Å². The fraction of sp³-hybridized carbons (Fsp3) is 0.909. The first kappa shape index (κ1) is 13.8. The van der Waals surface area contributed by atoms with Crippen LogP contribution in [-0.4, -0.2) is 50.7 Å². The lowest BCUT2D eigenvalue weighted by Gasteiger charge is -2.27. The van der Waals surface area contributed by atoms with Crippen molar-refractivity contribution in [3.05, 3.63) is 0 Å². The molecule has 104 valence electrons. The number of hydrogen-bond donors (Lipinski definition) is 2. The summed E-state index contributed by atoms with van der Waals surface area (Å²) in [6.45, 7) is 2.34. The van der Waals surface area contributed by atoms with Crippen LogP contribution in [0.3, 0.4) is 0 Å². The summed E-state index contributed by atoms with van der Waals surface area (Å²) in [5.41, 5.74) is 0. The van der Waals surface area contributed by atoms with E-state index in [4.69, 9.17) is 5.14 Å². The van der Waals surface area contributed by atoms with Gasteiger partial charge in [0.1, 0.15) is 0 Å². The predicted molar refractivity (Wildman–Crippen MR) is 68.3 cm³/mol. The zero-order valence-electron chi connectivity index (χ0n) is 10.5. The number of sulfonamides is 1. The van der Waals surface area contributed by atoms with Crippen LogP contribution in [-0.2, 0) is 14.8 Å². The highest BCUT2D eigenvalue weighted by molar-refractivity contribution is 7.89. The lowest BCUT2D eigenvalue weighted by atomic mass is 10.1. The quantitative estimate of drug-likeness (QED) is 0.710. The molecule has 2 rings (SSSR count). The van der Waals surface area contributed by atoms with Gasteiger partial charge in [0.05, 0.1) is 5.75 Å². The van der Waals surface area contributed by atoms with Crippen LogP contribution < -0.4 is 10.5 Å². The first-order chi connectivity index (χ1) is 8.46. The molecule has 0 radical (unpaired) electrons. The summed E-state index contributed by atoms with van der Waals surface area (Å²) in [6, 6.07) is 0.213. The van der Waals surface area contributed by atoms with Gasteiger partial charge in [0.2, 0.25) is 15.9 Å². The van der Waals surface area contributed by atoms with Gasteiger partial charge in [-0.15, -0.1) is 0 Å². The van der Waals surface area contributed by atoms with Gasteiger partial charge in [-0.1, -0.05) is 6.42 Å². The van der Waals surface area contributed by atoms with Gasteiger partial charge in [0, 0.05) is 31.5 Å². The van der Waals surface area contributed by atoms with Crippen molar-refractivity contribution < 1.29 is 13.2 Å². The molecule has 18 heavy (non-hydrogen) atoms. The highest BCUT2D eigenvalue weighted by atomic mass is 32.2. The van der Waals surface area contributed by atoms with E-state index >= 15 is 0 Å². The minimum atomic E-state index is -3.49. The Morgan fingerprint density at radius 1 is 1.39 bits per heavy atom. The normalized spacial score (nSPS) is 30.5. The molecule has 2 saturated heterocycles. The largest absolute Gasteiger partial charge is 0.338 e. The van der Waals surface area contributed by atoms with Gasteiger partial charge in [-0.2, -0.15) is 0 Å². The van der Waals surface area contributed by atoms with E-state index in [1.807, 2.05) is 4.90 Å². The summed E-state index contributed by atoms with van der Waals surface area (Å²) in [5, 5.41) is 8.36. The second-order valence-corrected chi connectivity index (χ2v) is 6.96. The Hall–Kier alpha value is -0.660. The van der Waals surface area contributed by atoms with Crippen LogP contribution >= 0.6 is 0 Å². The van der Waals surface area contributed by atoms with E-state index in [1.165, 1.54) is 0 Å². The highest BCUT2D eigenvalue weighted by Gasteiger charge is 2.35. The number of nitrogens with two attached hydrogens (primary N) is 1. The molecule has 2 heterocycles. The predicted octanol–water partition coefficient (Wildman–Crippen LogP) is -0.734. The van der Waals surface area contributed by atoms with E-state index in [0.29, 0.717) is 13.0 Å². The zero-order chi connectivity index (χ0) is 13.2. The summed E-state index contributed by atoms with van der Waals surface area (Å²) in [4.78, 5) is 13.8. The molecular weight excluding hydrogens is 254 g/mol. The topological polar surface area (TPSA) is 92.5 Å². The van der Waals surface area contributed by atoms with Crippen molar-refractivity contribution in [1.29, 1.82) is 0 Å². The summed E-state index contributed by atoms with van der Waals surface area (Å²) in [6.07, 6.45) is 3.56. The molecule has 7 heteroatoms. The number of likely N-dealkylation sites (tertiary alicyclic amines) is 1. The molecule has 2 aliphatic heterocycles. The second-order valence-electron chi connectivity index (χ2n) is 5.30. The maximum absolute atomic E-state index is 11.9. The van der Waals surface area contributed by atoms with Crippen LogP contribution in [0, 0.1) is 5.92 Å².